The summed E-state index contributed by atoms with van der Waals surface area (Å²) >= 11 is 0. The van der Waals surface area contributed by atoms with Gasteiger partial charge in [0.25, 0.3) is 0 Å². The topological polar surface area (TPSA) is 53.5 Å². The van der Waals surface area contributed by atoms with Crippen LogP contribution in [0, 0.1) is 0 Å². The standard InChI is InChI=1S/C24H35N5O/c1-18(2)21-7-6-20(27-24(21)29-13-15-30-16-14-29)17-19(3)22-5-4-8-26-23(22)28-11-9-25-10-12-28/h4-8,18-19,25H,9-17H2,1-3H3/t19-/m0/s1. The molecule has 0 spiro atoms. The Bertz CT molecular complexity index is 828. The third-order valence-corrected chi connectivity index (χ3v) is 6.18. The Morgan fingerprint density at radius 1 is 0.933 bits per heavy atom. The van der Waals surface area contributed by atoms with Crippen LogP contribution in [0.4, 0.5) is 11.6 Å². The van der Waals surface area contributed by atoms with Gasteiger partial charge in [-0.2, -0.15) is 0 Å². The number of ether oxygens (including phenoxy) is 1. The van der Waals surface area contributed by atoms with Crippen molar-refractivity contribution in [3.63, 3.8) is 0 Å². The fraction of sp³-hybridized carbons (Fsp3) is 0.583. The van der Waals surface area contributed by atoms with Gasteiger partial charge in [-0.1, -0.05) is 32.9 Å². The van der Waals surface area contributed by atoms with Crippen molar-refractivity contribution in [3.05, 3.63) is 47.3 Å². The first-order valence-corrected chi connectivity index (χ1v) is 11.4. The van der Waals surface area contributed by atoms with Crippen molar-refractivity contribution in [2.24, 2.45) is 0 Å². The van der Waals surface area contributed by atoms with Crippen molar-refractivity contribution in [2.75, 3.05) is 62.3 Å². The van der Waals surface area contributed by atoms with Crippen molar-refractivity contribution in [3.8, 4) is 0 Å². The minimum Gasteiger partial charge on any atom is -0.378 e. The van der Waals surface area contributed by atoms with E-state index in [1.165, 1.54) is 11.1 Å². The monoisotopic (exact) mass is 409 g/mol. The summed E-state index contributed by atoms with van der Waals surface area (Å²) in [6, 6.07) is 8.80. The van der Waals surface area contributed by atoms with Gasteiger partial charge in [0.05, 0.1) is 13.2 Å². The average molecular weight is 410 g/mol. The molecule has 0 amide bonds. The second kappa shape index (κ2) is 9.75. The van der Waals surface area contributed by atoms with Crippen LogP contribution in [0.2, 0.25) is 0 Å². The van der Waals surface area contributed by atoms with Crippen LogP contribution in [0.1, 0.15) is 49.4 Å². The molecule has 0 aromatic carbocycles. The van der Waals surface area contributed by atoms with Crippen molar-refractivity contribution in [2.45, 2.75) is 39.0 Å². The highest BCUT2D eigenvalue weighted by Crippen LogP contribution is 2.31. The van der Waals surface area contributed by atoms with Crippen molar-refractivity contribution in [1.29, 1.82) is 0 Å². The van der Waals surface area contributed by atoms with Crippen molar-refractivity contribution < 1.29 is 4.74 Å². The molecule has 0 radical (unpaired) electrons. The van der Waals surface area contributed by atoms with E-state index in [4.69, 9.17) is 14.7 Å². The maximum atomic E-state index is 5.56. The Morgan fingerprint density at radius 2 is 1.67 bits per heavy atom. The van der Waals surface area contributed by atoms with Gasteiger partial charge in [-0.3, -0.25) is 0 Å². The van der Waals surface area contributed by atoms with Crippen molar-refractivity contribution >= 4 is 11.6 Å². The third-order valence-electron chi connectivity index (χ3n) is 6.18. The zero-order chi connectivity index (χ0) is 20.9. The normalized spacial score (nSPS) is 18.7. The van der Waals surface area contributed by atoms with E-state index in [-0.39, 0.29) is 0 Å². The Hall–Kier alpha value is -2.18. The number of nitrogens with one attached hydrogen (secondary N) is 1. The predicted molar refractivity (Wildman–Crippen MR) is 123 cm³/mol. The summed E-state index contributed by atoms with van der Waals surface area (Å²) < 4.78 is 5.56. The summed E-state index contributed by atoms with van der Waals surface area (Å²) in [6.07, 6.45) is 2.83. The molecule has 2 aliphatic rings. The molecule has 2 aliphatic heterocycles. The molecule has 4 heterocycles. The second-order valence-corrected chi connectivity index (χ2v) is 8.73. The van der Waals surface area contributed by atoms with Crippen LogP contribution in [0.15, 0.2) is 30.5 Å². The number of hydrogen-bond acceptors (Lipinski definition) is 6. The Balaban J connectivity index is 1.57. The predicted octanol–water partition coefficient (Wildman–Crippen LogP) is 3.19. The molecule has 1 N–H and O–H groups in total. The van der Waals surface area contributed by atoms with E-state index in [9.17, 15) is 0 Å². The molecule has 0 bridgehead atoms. The lowest BCUT2D eigenvalue weighted by Gasteiger charge is -2.32. The van der Waals surface area contributed by atoms with Crippen LogP contribution in [0.3, 0.4) is 0 Å². The molecule has 4 rings (SSSR count). The summed E-state index contributed by atoms with van der Waals surface area (Å²) in [4.78, 5) is 14.7. The smallest absolute Gasteiger partial charge is 0.132 e. The lowest BCUT2D eigenvalue weighted by molar-refractivity contribution is 0.122. The highest BCUT2D eigenvalue weighted by molar-refractivity contribution is 5.51. The van der Waals surface area contributed by atoms with Crippen LogP contribution in [0.5, 0.6) is 0 Å². The summed E-state index contributed by atoms with van der Waals surface area (Å²) in [7, 11) is 0. The van der Waals surface area contributed by atoms with Gasteiger partial charge in [0.2, 0.25) is 0 Å². The van der Waals surface area contributed by atoms with Crippen LogP contribution < -0.4 is 15.1 Å². The van der Waals surface area contributed by atoms with Gasteiger partial charge in [-0.15, -0.1) is 0 Å². The van der Waals surface area contributed by atoms with E-state index < -0.39 is 0 Å². The number of nitrogens with zero attached hydrogens (tertiary/aromatic N) is 4. The van der Waals surface area contributed by atoms with Gasteiger partial charge >= 0.3 is 0 Å². The lowest BCUT2D eigenvalue weighted by Crippen LogP contribution is -2.44. The zero-order valence-electron chi connectivity index (χ0n) is 18.6. The van der Waals surface area contributed by atoms with Crippen molar-refractivity contribution in [1.82, 2.24) is 15.3 Å². The zero-order valence-corrected chi connectivity index (χ0v) is 18.6. The molecule has 1 atom stereocenters. The first kappa shape index (κ1) is 21.1. The highest BCUT2D eigenvalue weighted by atomic mass is 16.5. The Labute approximate surface area is 180 Å². The summed E-state index contributed by atoms with van der Waals surface area (Å²) in [5.74, 6) is 3.10. The number of pyridine rings is 2. The van der Waals surface area contributed by atoms with Gasteiger partial charge in [0.15, 0.2) is 0 Å². The molecule has 2 aromatic rings. The fourth-order valence-electron chi connectivity index (χ4n) is 4.45. The summed E-state index contributed by atoms with van der Waals surface area (Å²) in [6.45, 7) is 14.3. The molecule has 6 heteroatoms. The minimum atomic E-state index is 0.360. The quantitative estimate of drug-likeness (QED) is 0.791. The van der Waals surface area contributed by atoms with Crippen LogP contribution in [-0.4, -0.2) is 62.5 Å². The molecule has 2 saturated heterocycles. The molecular weight excluding hydrogens is 374 g/mol. The number of rotatable bonds is 6. The number of anilines is 2. The van der Waals surface area contributed by atoms with E-state index in [0.29, 0.717) is 11.8 Å². The lowest BCUT2D eigenvalue weighted by atomic mass is 9.95. The van der Waals surface area contributed by atoms with E-state index >= 15 is 0 Å². The molecular formula is C24H35N5O. The molecule has 162 valence electrons. The molecule has 0 aliphatic carbocycles. The summed E-state index contributed by atoms with van der Waals surface area (Å²) in [5.41, 5.74) is 3.81. The molecule has 0 saturated carbocycles. The molecule has 0 unspecified atom stereocenters. The van der Waals surface area contributed by atoms with E-state index in [1.807, 2.05) is 6.20 Å². The van der Waals surface area contributed by atoms with Crippen LogP contribution in [0.25, 0.3) is 0 Å². The van der Waals surface area contributed by atoms with Crippen LogP contribution >= 0.6 is 0 Å². The van der Waals surface area contributed by atoms with Gasteiger partial charge in [-0.25, -0.2) is 9.97 Å². The number of morpholine rings is 1. The first-order chi connectivity index (χ1) is 14.6. The highest BCUT2D eigenvalue weighted by Gasteiger charge is 2.22. The second-order valence-electron chi connectivity index (χ2n) is 8.73. The molecule has 2 aromatic heterocycles. The van der Waals surface area contributed by atoms with Gasteiger partial charge < -0.3 is 19.9 Å². The maximum absolute atomic E-state index is 5.56. The van der Waals surface area contributed by atoms with Gasteiger partial charge in [-0.05, 0) is 41.5 Å². The molecule has 6 nitrogen and oxygen atoms in total. The SMILES string of the molecule is CC(C)c1ccc(C[C@H](C)c2cccnc2N2CCNCC2)nc1N1CCOCC1. The van der Waals surface area contributed by atoms with Crippen LogP contribution in [-0.2, 0) is 11.2 Å². The fourth-order valence-corrected chi connectivity index (χ4v) is 4.45. The number of hydrogen-bond donors (Lipinski definition) is 1. The average Bonchev–Trinajstić information content (AvgIpc) is 2.80. The largest absolute Gasteiger partial charge is 0.378 e. The molecule has 2 fully saturated rings. The summed E-state index contributed by atoms with van der Waals surface area (Å²) in [5, 5.41) is 3.43. The van der Waals surface area contributed by atoms with Gasteiger partial charge in [0.1, 0.15) is 11.6 Å². The number of aromatic nitrogens is 2. The van der Waals surface area contributed by atoms with E-state index in [0.717, 1.165) is 76.2 Å². The molecule has 30 heavy (non-hydrogen) atoms. The van der Waals surface area contributed by atoms with Gasteiger partial charge in [0, 0.05) is 51.2 Å². The number of piperazine rings is 1. The minimum absolute atomic E-state index is 0.360. The van der Waals surface area contributed by atoms with E-state index in [2.05, 4.69) is 60.2 Å². The third kappa shape index (κ3) is 4.76. The first-order valence-electron chi connectivity index (χ1n) is 11.4. The maximum Gasteiger partial charge on any atom is 0.132 e. The Morgan fingerprint density at radius 3 is 2.40 bits per heavy atom. The Kier molecular flexibility index (Phi) is 6.85. The van der Waals surface area contributed by atoms with E-state index in [1.54, 1.807) is 0 Å².